The van der Waals surface area contributed by atoms with Crippen LogP contribution in [-0.2, 0) is 21.9 Å². The van der Waals surface area contributed by atoms with Crippen molar-refractivity contribution < 1.29 is 19.0 Å². The molecule has 4 aromatic heterocycles. The predicted octanol–water partition coefficient (Wildman–Crippen LogP) is 4.22. The molecule has 0 radical (unpaired) electrons. The molecule has 2 aliphatic heterocycles. The zero-order valence-corrected chi connectivity index (χ0v) is 23.9. The van der Waals surface area contributed by atoms with Crippen LogP contribution in [0.4, 0.5) is 22.4 Å². The van der Waals surface area contributed by atoms with E-state index in [1.165, 1.54) is 0 Å². The van der Waals surface area contributed by atoms with Crippen LogP contribution >= 0.6 is 0 Å². The molecule has 1 atom stereocenters. The SMILES string of the molecule is COC1CN(C(=O)Nc2cc(Oc3cnc4nc(Nc5cc(C(C)(C)C)n([C@H]6CCOC6)n5)n(C)c4c3)ccn2)C1. The van der Waals surface area contributed by atoms with Gasteiger partial charge in [0.1, 0.15) is 17.3 Å². The average Bonchev–Trinajstić information content (AvgIpc) is 3.64. The number of anilines is 3. The molecule has 13 heteroatoms. The van der Waals surface area contributed by atoms with Gasteiger partial charge in [0.25, 0.3) is 0 Å². The molecule has 2 fully saturated rings. The third kappa shape index (κ3) is 5.55. The van der Waals surface area contributed by atoms with Gasteiger partial charge in [0.15, 0.2) is 11.5 Å². The van der Waals surface area contributed by atoms with E-state index in [2.05, 4.69) is 57.1 Å². The topological polar surface area (TPSA) is 133 Å². The van der Waals surface area contributed by atoms with Crippen LogP contribution in [0.1, 0.15) is 38.9 Å². The fourth-order valence-corrected chi connectivity index (χ4v) is 4.96. The van der Waals surface area contributed by atoms with E-state index in [0.717, 1.165) is 30.1 Å². The standard InChI is InChI=1S/C28H35N9O4/c1-28(2,3)22-12-24(34-37(22)17-7-9-40-16-17)31-26-33-25-21(35(26)4)10-19(13-30-25)41-18-6-8-29-23(11-18)32-27(38)36-14-20(15-36)39-5/h6,8,10-13,17,20H,7,9,14-16H2,1-5H3,(H,29,32,38)(H,30,31,33,34)/t17-/m0/s1. The normalized spacial score (nSPS) is 17.6. The van der Waals surface area contributed by atoms with Crippen LogP contribution in [0.5, 0.6) is 11.5 Å². The second kappa shape index (κ2) is 10.6. The third-order valence-corrected chi connectivity index (χ3v) is 7.38. The molecule has 13 nitrogen and oxygen atoms in total. The number of hydrogen-bond acceptors (Lipinski definition) is 9. The Morgan fingerprint density at radius 1 is 1.12 bits per heavy atom. The summed E-state index contributed by atoms with van der Waals surface area (Å²) in [6.45, 7) is 9.08. The summed E-state index contributed by atoms with van der Waals surface area (Å²) >= 11 is 0. The minimum atomic E-state index is -0.225. The van der Waals surface area contributed by atoms with Crippen molar-refractivity contribution in [3.05, 3.63) is 42.4 Å². The first-order valence-electron chi connectivity index (χ1n) is 13.7. The second-order valence-corrected chi connectivity index (χ2v) is 11.4. The van der Waals surface area contributed by atoms with Crippen LogP contribution < -0.4 is 15.4 Å². The van der Waals surface area contributed by atoms with Gasteiger partial charge in [0.2, 0.25) is 5.95 Å². The van der Waals surface area contributed by atoms with Crippen LogP contribution in [0.3, 0.4) is 0 Å². The van der Waals surface area contributed by atoms with E-state index >= 15 is 0 Å². The van der Waals surface area contributed by atoms with Gasteiger partial charge >= 0.3 is 6.03 Å². The first-order chi connectivity index (χ1) is 19.7. The van der Waals surface area contributed by atoms with E-state index in [1.54, 1.807) is 36.5 Å². The van der Waals surface area contributed by atoms with Gasteiger partial charge in [-0.1, -0.05) is 20.8 Å². The molecule has 0 spiro atoms. The molecule has 0 unspecified atom stereocenters. The van der Waals surface area contributed by atoms with Crippen molar-refractivity contribution in [3.63, 3.8) is 0 Å². The van der Waals surface area contributed by atoms with Crippen molar-refractivity contribution in [2.45, 2.75) is 44.8 Å². The van der Waals surface area contributed by atoms with Gasteiger partial charge in [-0.3, -0.25) is 10.00 Å². The predicted molar refractivity (Wildman–Crippen MR) is 153 cm³/mol. The number of likely N-dealkylation sites (tertiary alicyclic amines) is 1. The molecule has 0 aliphatic carbocycles. The van der Waals surface area contributed by atoms with Gasteiger partial charge in [0.05, 0.1) is 43.6 Å². The maximum atomic E-state index is 12.4. The summed E-state index contributed by atoms with van der Waals surface area (Å²) in [6, 6.07) is 7.35. The number of hydrogen-bond donors (Lipinski definition) is 2. The first-order valence-corrected chi connectivity index (χ1v) is 13.7. The van der Waals surface area contributed by atoms with E-state index in [1.807, 2.05) is 17.7 Å². The molecular weight excluding hydrogens is 526 g/mol. The Hall–Kier alpha value is -4.23. The Morgan fingerprint density at radius 3 is 2.68 bits per heavy atom. The number of fused-ring (bicyclic) bond motifs is 1. The van der Waals surface area contributed by atoms with E-state index in [-0.39, 0.29) is 23.6 Å². The Kier molecular flexibility index (Phi) is 6.99. The number of aryl methyl sites for hydroxylation is 1. The molecule has 0 aromatic carbocycles. The number of amides is 2. The molecule has 0 bridgehead atoms. The zero-order chi connectivity index (χ0) is 28.7. The van der Waals surface area contributed by atoms with Crippen molar-refractivity contribution in [1.29, 1.82) is 0 Å². The first kappa shape index (κ1) is 27.0. The van der Waals surface area contributed by atoms with Crippen molar-refractivity contribution in [2.24, 2.45) is 7.05 Å². The summed E-state index contributed by atoms with van der Waals surface area (Å²) in [7, 11) is 3.56. The molecule has 2 aliphatic rings. The fourth-order valence-electron chi connectivity index (χ4n) is 4.96. The van der Waals surface area contributed by atoms with Crippen molar-refractivity contribution in [1.82, 2.24) is 34.2 Å². The molecule has 2 saturated heterocycles. The number of aromatic nitrogens is 6. The van der Waals surface area contributed by atoms with Gasteiger partial charge in [-0.2, -0.15) is 10.1 Å². The quantitative estimate of drug-likeness (QED) is 0.340. The Morgan fingerprint density at radius 2 is 1.95 bits per heavy atom. The molecule has 6 rings (SSSR count). The Bertz CT molecular complexity index is 1560. The van der Waals surface area contributed by atoms with Crippen LogP contribution in [0.2, 0.25) is 0 Å². The number of ether oxygens (including phenoxy) is 3. The summed E-state index contributed by atoms with van der Waals surface area (Å²) in [6.07, 6.45) is 4.23. The summed E-state index contributed by atoms with van der Waals surface area (Å²) in [5, 5.41) is 11.1. The Labute approximate surface area is 237 Å². The fraction of sp³-hybridized carbons (Fsp3) is 0.464. The van der Waals surface area contributed by atoms with Gasteiger partial charge < -0.3 is 29.0 Å². The lowest BCUT2D eigenvalue weighted by atomic mass is 9.91. The van der Waals surface area contributed by atoms with E-state index in [9.17, 15) is 4.79 Å². The summed E-state index contributed by atoms with van der Waals surface area (Å²) in [5.41, 5.74) is 2.43. The highest BCUT2D eigenvalue weighted by Gasteiger charge is 2.31. The van der Waals surface area contributed by atoms with Crippen molar-refractivity contribution >= 4 is 34.8 Å². The maximum absolute atomic E-state index is 12.4. The molecule has 0 saturated carbocycles. The molecule has 4 aromatic rings. The third-order valence-electron chi connectivity index (χ3n) is 7.38. The number of rotatable bonds is 7. The monoisotopic (exact) mass is 561 g/mol. The molecular formula is C28H35N9O4. The maximum Gasteiger partial charge on any atom is 0.323 e. The number of urea groups is 1. The van der Waals surface area contributed by atoms with E-state index in [4.69, 9.17) is 19.3 Å². The lowest BCUT2D eigenvalue weighted by molar-refractivity contribution is -0.00467. The number of pyridine rings is 2. The van der Waals surface area contributed by atoms with E-state index in [0.29, 0.717) is 48.6 Å². The molecule has 41 heavy (non-hydrogen) atoms. The zero-order valence-electron chi connectivity index (χ0n) is 23.9. The summed E-state index contributed by atoms with van der Waals surface area (Å²) < 4.78 is 20.9. The lowest BCUT2D eigenvalue weighted by Crippen LogP contribution is -2.55. The number of carbonyl (C=O) groups excluding carboxylic acids is 1. The highest BCUT2D eigenvalue weighted by molar-refractivity contribution is 5.89. The number of methoxy groups -OCH3 is 1. The van der Waals surface area contributed by atoms with Gasteiger partial charge in [-0.05, 0) is 12.5 Å². The summed E-state index contributed by atoms with van der Waals surface area (Å²) in [5.74, 6) is 2.79. The van der Waals surface area contributed by atoms with Gasteiger partial charge in [-0.15, -0.1) is 0 Å². The minimum Gasteiger partial charge on any atom is -0.455 e. The molecule has 216 valence electrons. The highest BCUT2D eigenvalue weighted by Crippen LogP contribution is 2.32. The van der Waals surface area contributed by atoms with Gasteiger partial charge in [0, 0.05) is 56.3 Å². The number of imidazole rings is 1. The average molecular weight is 562 g/mol. The van der Waals surface area contributed by atoms with Crippen LogP contribution in [0.15, 0.2) is 36.7 Å². The summed E-state index contributed by atoms with van der Waals surface area (Å²) in [4.78, 5) is 27.5. The van der Waals surface area contributed by atoms with Crippen LogP contribution in [-0.4, -0.2) is 79.7 Å². The minimum absolute atomic E-state index is 0.0761. The van der Waals surface area contributed by atoms with E-state index < -0.39 is 0 Å². The number of nitrogens with one attached hydrogen (secondary N) is 2. The largest absolute Gasteiger partial charge is 0.455 e. The lowest BCUT2D eigenvalue weighted by Gasteiger charge is -2.37. The van der Waals surface area contributed by atoms with Gasteiger partial charge in [-0.25, -0.2) is 14.8 Å². The smallest absolute Gasteiger partial charge is 0.323 e. The van der Waals surface area contributed by atoms with Crippen LogP contribution in [0.25, 0.3) is 11.2 Å². The second-order valence-electron chi connectivity index (χ2n) is 11.4. The van der Waals surface area contributed by atoms with Crippen LogP contribution in [0, 0.1) is 0 Å². The Balaban J connectivity index is 1.18. The molecule has 2 amide bonds. The molecule has 6 heterocycles. The molecule has 2 N–H and O–H groups in total. The number of nitrogens with zero attached hydrogens (tertiary/aromatic N) is 7. The van der Waals surface area contributed by atoms with Crippen molar-refractivity contribution in [3.8, 4) is 11.5 Å². The highest BCUT2D eigenvalue weighted by atomic mass is 16.5. The van der Waals surface area contributed by atoms with Crippen molar-refractivity contribution in [2.75, 3.05) is 44.0 Å². The number of carbonyl (C=O) groups is 1.